The van der Waals surface area contributed by atoms with Crippen LogP contribution in [-0.4, -0.2) is 5.48 Å². The van der Waals surface area contributed by atoms with Gasteiger partial charge in [0.05, 0.1) is 13.1 Å². The lowest BCUT2D eigenvalue weighted by Gasteiger charge is -1.92. The molecule has 0 aromatic heterocycles. The first-order valence-electron chi connectivity index (χ1n) is 6.35. The highest BCUT2D eigenvalue weighted by molar-refractivity contribution is 5.20. The van der Waals surface area contributed by atoms with Crippen molar-refractivity contribution in [3.63, 3.8) is 0 Å². The zero-order valence-electron chi connectivity index (χ0n) is 12.7. The van der Waals surface area contributed by atoms with Crippen molar-refractivity contribution in [2.45, 2.75) is 26.9 Å². The second kappa shape index (κ2) is 14.2. The molecule has 0 aliphatic carbocycles. The van der Waals surface area contributed by atoms with Gasteiger partial charge in [0.1, 0.15) is 0 Å². The molecule has 2 aromatic carbocycles. The summed E-state index contributed by atoms with van der Waals surface area (Å²) in [4.78, 5) is 0. The van der Waals surface area contributed by atoms with E-state index in [0.29, 0.717) is 0 Å². The third-order valence-corrected chi connectivity index (χ3v) is 2.82. The average molecular weight is 422 g/mol. The van der Waals surface area contributed by atoms with Crippen molar-refractivity contribution >= 4 is 0 Å². The fourth-order valence-corrected chi connectivity index (χ4v) is 1.51. The van der Waals surface area contributed by atoms with E-state index < -0.39 is 0 Å². The lowest BCUT2D eigenvalue weighted by Crippen LogP contribution is -3.00. The Morgan fingerprint density at radius 1 is 0.619 bits per heavy atom. The second-order valence-electron chi connectivity index (χ2n) is 4.47. The summed E-state index contributed by atoms with van der Waals surface area (Å²) in [5, 5.41) is 0. The third kappa shape index (κ3) is 10.6. The predicted octanol–water partition coefficient (Wildman–Crippen LogP) is -5.34. The van der Waals surface area contributed by atoms with Crippen LogP contribution in [0.1, 0.15) is 22.3 Å². The van der Waals surface area contributed by atoms with Gasteiger partial charge in [-0.2, -0.15) is 0 Å². The van der Waals surface area contributed by atoms with Crippen molar-refractivity contribution in [2.24, 2.45) is 0 Å². The molecule has 3 nitrogen and oxygen atoms in total. The first kappa shape index (κ1) is 25.2. The Labute approximate surface area is 148 Å². The Bertz CT molecular complexity index is 413. The van der Waals surface area contributed by atoms with Gasteiger partial charge < -0.3 is 50.9 Å². The highest BCUT2D eigenvalue weighted by atomic mass is 79.9. The Morgan fingerprint density at radius 3 is 1.05 bits per heavy atom. The first-order valence-corrected chi connectivity index (χ1v) is 6.35. The van der Waals surface area contributed by atoms with Crippen LogP contribution in [0.2, 0.25) is 0 Å². The standard InChI is InChI=1S/2C8H11N.2BrH.H2O/c2*1-7-2-4-8(6-9)5-3-7;;;/h2*2-5H,6,9H2,1H3;2*1H;1H2. The lowest BCUT2D eigenvalue weighted by atomic mass is 10.2. The summed E-state index contributed by atoms with van der Waals surface area (Å²) in [5.74, 6) is 0. The van der Waals surface area contributed by atoms with Crippen molar-refractivity contribution in [3.05, 3.63) is 70.8 Å². The van der Waals surface area contributed by atoms with Crippen molar-refractivity contribution in [1.82, 2.24) is 0 Å². The SMILES string of the molecule is Cc1ccc(C[NH3+])cc1.Cc1ccc(C[NH3+])cc1.O.[Br-].[Br-]. The predicted molar refractivity (Wildman–Crippen MR) is 79.2 cm³/mol. The van der Waals surface area contributed by atoms with Crippen LogP contribution in [0.3, 0.4) is 0 Å². The Kier molecular flexibility index (Phi) is 17.1. The number of rotatable bonds is 2. The molecule has 120 valence electrons. The van der Waals surface area contributed by atoms with E-state index in [1.807, 2.05) is 0 Å². The molecule has 0 aliphatic rings. The van der Waals surface area contributed by atoms with Gasteiger partial charge in [0.2, 0.25) is 0 Å². The van der Waals surface area contributed by atoms with Gasteiger partial charge in [-0.3, -0.25) is 0 Å². The van der Waals surface area contributed by atoms with Crippen LogP contribution in [0.15, 0.2) is 48.5 Å². The highest BCUT2D eigenvalue weighted by Crippen LogP contribution is 2.00. The molecule has 0 bridgehead atoms. The number of hydrogen-bond acceptors (Lipinski definition) is 0. The summed E-state index contributed by atoms with van der Waals surface area (Å²) < 4.78 is 0. The second-order valence-corrected chi connectivity index (χ2v) is 4.47. The largest absolute Gasteiger partial charge is 1.00 e. The van der Waals surface area contributed by atoms with Gasteiger partial charge in [-0.05, 0) is 13.8 Å². The van der Waals surface area contributed by atoms with Crippen molar-refractivity contribution in [1.29, 1.82) is 0 Å². The smallest absolute Gasteiger partial charge is 0.0997 e. The van der Waals surface area contributed by atoms with E-state index >= 15 is 0 Å². The van der Waals surface area contributed by atoms with Gasteiger partial charge in [-0.15, -0.1) is 0 Å². The first-order chi connectivity index (χ1) is 8.65. The van der Waals surface area contributed by atoms with E-state index in [4.69, 9.17) is 0 Å². The fraction of sp³-hybridized carbons (Fsp3) is 0.250. The van der Waals surface area contributed by atoms with Crippen LogP contribution in [0.4, 0.5) is 0 Å². The van der Waals surface area contributed by atoms with Gasteiger partial charge in [0.15, 0.2) is 0 Å². The molecule has 0 amide bonds. The summed E-state index contributed by atoms with van der Waals surface area (Å²) in [7, 11) is 0. The minimum absolute atomic E-state index is 0. The molecule has 5 heteroatoms. The summed E-state index contributed by atoms with van der Waals surface area (Å²) in [6, 6.07) is 16.9. The van der Waals surface area contributed by atoms with Crippen LogP contribution in [0, 0.1) is 13.8 Å². The molecule has 0 unspecified atom stereocenters. The number of quaternary nitrogens is 2. The average Bonchev–Trinajstić information content (AvgIpc) is 2.41. The highest BCUT2D eigenvalue weighted by Gasteiger charge is 1.88. The minimum Gasteiger partial charge on any atom is -1.00 e. The van der Waals surface area contributed by atoms with E-state index in [0.717, 1.165) is 13.1 Å². The molecule has 0 fully saturated rings. The van der Waals surface area contributed by atoms with Crippen LogP contribution < -0.4 is 45.4 Å². The third-order valence-electron chi connectivity index (χ3n) is 2.82. The molecule has 0 spiro atoms. The maximum absolute atomic E-state index is 3.79. The molecule has 8 N–H and O–H groups in total. The normalized spacial score (nSPS) is 8.19. The molecule has 0 heterocycles. The number of hydrogen-bond donors (Lipinski definition) is 2. The quantitative estimate of drug-likeness (QED) is 0.485. The number of halogens is 2. The number of benzene rings is 2. The van der Waals surface area contributed by atoms with E-state index in [9.17, 15) is 0 Å². The fourth-order valence-electron chi connectivity index (χ4n) is 1.51. The Hall–Kier alpha value is -0.720. The van der Waals surface area contributed by atoms with Crippen molar-refractivity contribution < 1.29 is 50.9 Å². The molecule has 0 saturated heterocycles. The van der Waals surface area contributed by atoms with Gasteiger partial charge in [0.25, 0.3) is 0 Å². The Morgan fingerprint density at radius 2 is 0.857 bits per heavy atom. The summed E-state index contributed by atoms with van der Waals surface area (Å²) in [5.41, 5.74) is 12.8. The van der Waals surface area contributed by atoms with Gasteiger partial charge in [0, 0.05) is 11.1 Å². The van der Waals surface area contributed by atoms with Crippen LogP contribution in [0.25, 0.3) is 0 Å². The van der Waals surface area contributed by atoms with Crippen LogP contribution >= 0.6 is 0 Å². The molecular weight excluding hydrogens is 396 g/mol. The zero-order chi connectivity index (χ0) is 13.4. The summed E-state index contributed by atoms with van der Waals surface area (Å²) in [6.07, 6.45) is 0. The van der Waals surface area contributed by atoms with Gasteiger partial charge in [-0.1, -0.05) is 59.7 Å². The molecule has 0 saturated carbocycles. The topological polar surface area (TPSA) is 86.8 Å². The van der Waals surface area contributed by atoms with E-state index in [2.05, 4.69) is 73.8 Å². The lowest BCUT2D eigenvalue weighted by molar-refractivity contribution is -0.386. The van der Waals surface area contributed by atoms with Gasteiger partial charge in [-0.25, -0.2) is 0 Å². The number of aryl methyl sites for hydroxylation is 2. The minimum atomic E-state index is 0. The maximum atomic E-state index is 3.79. The molecular formula is C16H26Br2N2O. The van der Waals surface area contributed by atoms with Crippen molar-refractivity contribution in [2.75, 3.05) is 0 Å². The van der Waals surface area contributed by atoms with Gasteiger partial charge >= 0.3 is 0 Å². The van der Waals surface area contributed by atoms with Crippen LogP contribution in [-0.2, 0) is 13.1 Å². The molecule has 0 radical (unpaired) electrons. The molecule has 2 aromatic rings. The monoisotopic (exact) mass is 420 g/mol. The van der Waals surface area contributed by atoms with Crippen molar-refractivity contribution in [3.8, 4) is 0 Å². The molecule has 0 atom stereocenters. The molecule has 21 heavy (non-hydrogen) atoms. The summed E-state index contributed by atoms with van der Waals surface area (Å²) >= 11 is 0. The van der Waals surface area contributed by atoms with Crippen LogP contribution in [0.5, 0.6) is 0 Å². The summed E-state index contributed by atoms with van der Waals surface area (Å²) in [6.45, 7) is 5.96. The van der Waals surface area contributed by atoms with E-state index in [-0.39, 0.29) is 39.4 Å². The zero-order valence-corrected chi connectivity index (χ0v) is 15.9. The molecule has 2 rings (SSSR count). The maximum Gasteiger partial charge on any atom is 0.0997 e. The Balaban J connectivity index is -0.000000270. The molecule has 0 aliphatic heterocycles. The van der Waals surface area contributed by atoms with E-state index in [1.54, 1.807) is 0 Å². The van der Waals surface area contributed by atoms with E-state index in [1.165, 1.54) is 22.3 Å².